The minimum atomic E-state index is 0.231. The van der Waals surface area contributed by atoms with Gasteiger partial charge in [-0.05, 0) is 26.7 Å². The van der Waals surface area contributed by atoms with Gasteiger partial charge in [-0.25, -0.2) is 0 Å². The van der Waals surface area contributed by atoms with E-state index in [0.717, 1.165) is 18.6 Å². The number of nitrogens with zero attached hydrogens (tertiary/aromatic N) is 2. The lowest BCUT2D eigenvalue weighted by atomic mass is 10.3. The van der Waals surface area contributed by atoms with Gasteiger partial charge >= 0.3 is 0 Å². The molecular weight excluding hydrogens is 180 g/mol. The molecule has 0 atom stereocenters. The minimum absolute atomic E-state index is 0.231. The molecule has 0 aliphatic rings. The van der Waals surface area contributed by atoms with E-state index in [9.17, 15) is 0 Å². The van der Waals surface area contributed by atoms with E-state index in [0.29, 0.717) is 12.6 Å². The average Bonchev–Trinajstić information content (AvgIpc) is 2.61. The zero-order valence-corrected chi connectivity index (χ0v) is 8.81. The van der Waals surface area contributed by atoms with Crippen molar-refractivity contribution in [1.82, 2.24) is 9.78 Å². The number of rotatable bonds is 6. The molecule has 80 valence electrons. The van der Waals surface area contributed by atoms with E-state index in [2.05, 4.69) is 18.9 Å². The summed E-state index contributed by atoms with van der Waals surface area (Å²) in [5.41, 5.74) is 0. The number of hydrogen-bond donors (Lipinski definition) is 1. The Morgan fingerprint density at radius 3 is 2.86 bits per heavy atom. The van der Waals surface area contributed by atoms with Crippen LogP contribution in [0.4, 0.5) is 0 Å². The van der Waals surface area contributed by atoms with Crippen LogP contribution in [-0.2, 0) is 0 Å². The number of aromatic nitrogens is 2. The Bertz CT molecular complexity index is 258. The Kier molecular flexibility index (Phi) is 4.46. The van der Waals surface area contributed by atoms with Crippen molar-refractivity contribution < 1.29 is 9.84 Å². The van der Waals surface area contributed by atoms with Crippen molar-refractivity contribution in [2.75, 3.05) is 13.2 Å². The van der Waals surface area contributed by atoms with Crippen LogP contribution in [0.3, 0.4) is 0 Å². The lowest BCUT2D eigenvalue weighted by Gasteiger charge is -2.03. The molecule has 14 heavy (non-hydrogen) atoms. The molecule has 0 aliphatic heterocycles. The highest BCUT2D eigenvalue weighted by molar-refractivity contribution is 5.11. The van der Waals surface area contributed by atoms with Crippen LogP contribution in [-0.4, -0.2) is 28.1 Å². The monoisotopic (exact) mass is 198 g/mol. The third-order valence-electron chi connectivity index (χ3n) is 1.93. The third kappa shape index (κ3) is 3.38. The first-order chi connectivity index (χ1) is 6.74. The van der Waals surface area contributed by atoms with Gasteiger partial charge in [-0.3, -0.25) is 4.68 Å². The van der Waals surface area contributed by atoms with Crippen LogP contribution < -0.4 is 4.74 Å². The van der Waals surface area contributed by atoms with E-state index < -0.39 is 0 Å². The Balaban J connectivity index is 2.29. The van der Waals surface area contributed by atoms with Gasteiger partial charge in [0, 0.05) is 12.6 Å². The van der Waals surface area contributed by atoms with Crippen LogP contribution in [0.5, 0.6) is 5.75 Å². The van der Waals surface area contributed by atoms with Crippen LogP contribution in [0.15, 0.2) is 12.4 Å². The summed E-state index contributed by atoms with van der Waals surface area (Å²) in [4.78, 5) is 0. The first-order valence-electron chi connectivity index (χ1n) is 5.02. The Hall–Kier alpha value is -1.03. The molecule has 1 aromatic rings. The summed E-state index contributed by atoms with van der Waals surface area (Å²) < 4.78 is 7.31. The molecule has 1 aromatic heterocycles. The fourth-order valence-electron chi connectivity index (χ4n) is 1.08. The maximum absolute atomic E-state index is 8.57. The van der Waals surface area contributed by atoms with Crippen LogP contribution >= 0.6 is 0 Å². The average molecular weight is 198 g/mol. The van der Waals surface area contributed by atoms with Gasteiger partial charge in [0.05, 0.1) is 19.0 Å². The van der Waals surface area contributed by atoms with Gasteiger partial charge in [-0.2, -0.15) is 5.10 Å². The number of hydrogen-bond acceptors (Lipinski definition) is 3. The van der Waals surface area contributed by atoms with Crippen molar-refractivity contribution >= 4 is 0 Å². The van der Waals surface area contributed by atoms with Crippen molar-refractivity contribution in [3.63, 3.8) is 0 Å². The SMILES string of the molecule is CC(C)n1cc(OCCCCO)cn1. The van der Waals surface area contributed by atoms with Crippen molar-refractivity contribution in [3.05, 3.63) is 12.4 Å². The fraction of sp³-hybridized carbons (Fsp3) is 0.700. The van der Waals surface area contributed by atoms with Gasteiger partial charge in [0.1, 0.15) is 0 Å². The smallest absolute Gasteiger partial charge is 0.157 e. The molecule has 1 rings (SSSR count). The van der Waals surface area contributed by atoms with Crippen molar-refractivity contribution in [2.24, 2.45) is 0 Å². The van der Waals surface area contributed by atoms with Gasteiger partial charge in [-0.15, -0.1) is 0 Å². The number of unbranched alkanes of at least 4 members (excludes halogenated alkanes) is 1. The molecule has 0 radical (unpaired) electrons. The molecule has 0 spiro atoms. The number of ether oxygens (including phenoxy) is 1. The molecule has 0 saturated heterocycles. The van der Waals surface area contributed by atoms with Crippen molar-refractivity contribution in [1.29, 1.82) is 0 Å². The topological polar surface area (TPSA) is 47.3 Å². The molecule has 0 amide bonds. The predicted molar refractivity (Wildman–Crippen MR) is 54.4 cm³/mol. The minimum Gasteiger partial charge on any atom is -0.490 e. The summed E-state index contributed by atoms with van der Waals surface area (Å²) in [6.45, 7) is 5.02. The van der Waals surface area contributed by atoms with Gasteiger partial charge < -0.3 is 9.84 Å². The Morgan fingerprint density at radius 2 is 2.29 bits per heavy atom. The van der Waals surface area contributed by atoms with Gasteiger partial charge in [0.15, 0.2) is 5.75 Å². The summed E-state index contributed by atoms with van der Waals surface area (Å²) in [5.74, 6) is 0.802. The highest BCUT2D eigenvalue weighted by atomic mass is 16.5. The van der Waals surface area contributed by atoms with E-state index in [1.54, 1.807) is 6.20 Å². The van der Waals surface area contributed by atoms with Gasteiger partial charge in [0.25, 0.3) is 0 Å². The van der Waals surface area contributed by atoms with Crippen LogP contribution in [0, 0.1) is 0 Å². The summed E-state index contributed by atoms with van der Waals surface area (Å²) in [6, 6.07) is 0.366. The van der Waals surface area contributed by atoms with Gasteiger partial charge in [0.2, 0.25) is 0 Å². The zero-order chi connectivity index (χ0) is 10.4. The molecule has 0 aromatic carbocycles. The maximum atomic E-state index is 8.57. The van der Waals surface area contributed by atoms with Crippen LogP contribution in [0.2, 0.25) is 0 Å². The second-order valence-electron chi connectivity index (χ2n) is 3.53. The van der Waals surface area contributed by atoms with Crippen LogP contribution in [0.25, 0.3) is 0 Å². The van der Waals surface area contributed by atoms with Crippen LogP contribution in [0.1, 0.15) is 32.7 Å². The Morgan fingerprint density at radius 1 is 1.50 bits per heavy atom. The second-order valence-corrected chi connectivity index (χ2v) is 3.53. The first kappa shape index (κ1) is 11.0. The lowest BCUT2D eigenvalue weighted by molar-refractivity contribution is 0.253. The summed E-state index contributed by atoms with van der Waals surface area (Å²) in [6.07, 6.45) is 5.28. The first-order valence-corrected chi connectivity index (χ1v) is 5.02. The van der Waals surface area contributed by atoms with E-state index in [-0.39, 0.29) is 6.61 Å². The molecule has 4 nitrogen and oxygen atoms in total. The standard InChI is InChI=1S/C10H18N2O2/c1-9(2)12-8-10(7-11-12)14-6-4-3-5-13/h7-9,13H,3-6H2,1-2H3. The molecule has 4 heteroatoms. The zero-order valence-electron chi connectivity index (χ0n) is 8.81. The lowest BCUT2D eigenvalue weighted by Crippen LogP contribution is -2.00. The summed E-state index contributed by atoms with van der Waals surface area (Å²) >= 11 is 0. The van der Waals surface area contributed by atoms with E-state index >= 15 is 0 Å². The molecular formula is C10H18N2O2. The summed E-state index contributed by atoms with van der Waals surface area (Å²) in [7, 11) is 0. The maximum Gasteiger partial charge on any atom is 0.157 e. The third-order valence-corrected chi connectivity index (χ3v) is 1.93. The fourth-order valence-corrected chi connectivity index (χ4v) is 1.08. The molecule has 0 bridgehead atoms. The van der Waals surface area contributed by atoms with Gasteiger partial charge in [-0.1, -0.05) is 0 Å². The molecule has 1 N–H and O–H groups in total. The Labute approximate surface area is 84.5 Å². The summed E-state index contributed by atoms with van der Waals surface area (Å²) in [5, 5.41) is 12.7. The molecule has 0 aliphatic carbocycles. The largest absolute Gasteiger partial charge is 0.490 e. The second kappa shape index (κ2) is 5.65. The van der Waals surface area contributed by atoms with Crippen molar-refractivity contribution in [2.45, 2.75) is 32.7 Å². The molecule has 0 saturated carbocycles. The predicted octanol–water partition coefficient (Wildman–Crippen LogP) is 1.62. The number of aliphatic hydroxyl groups excluding tert-OH is 1. The normalized spacial score (nSPS) is 10.9. The molecule has 1 heterocycles. The van der Waals surface area contributed by atoms with Crippen molar-refractivity contribution in [3.8, 4) is 5.75 Å². The van der Waals surface area contributed by atoms with E-state index in [1.807, 2.05) is 10.9 Å². The highest BCUT2D eigenvalue weighted by Gasteiger charge is 2.01. The quantitative estimate of drug-likeness (QED) is 0.706. The number of aliphatic hydroxyl groups is 1. The molecule has 0 fully saturated rings. The van der Waals surface area contributed by atoms with E-state index in [1.165, 1.54) is 0 Å². The van der Waals surface area contributed by atoms with E-state index in [4.69, 9.17) is 9.84 Å². The highest BCUT2D eigenvalue weighted by Crippen LogP contribution is 2.12. The molecule has 0 unspecified atom stereocenters.